The van der Waals surface area contributed by atoms with Crippen LogP contribution in [-0.2, 0) is 13.1 Å². The summed E-state index contributed by atoms with van der Waals surface area (Å²) >= 11 is 0. The highest BCUT2D eigenvalue weighted by atomic mass is 16.3. The fraction of sp³-hybridized carbons (Fsp3) is 0.733. The Hall–Kier alpha value is -0.800. The maximum absolute atomic E-state index is 5.80. The summed E-state index contributed by atoms with van der Waals surface area (Å²) in [7, 11) is 0. The Bertz CT molecular complexity index is 351. The van der Waals surface area contributed by atoms with E-state index in [4.69, 9.17) is 4.42 Å². The monoisotopic (exact) mass is 250 g/mol. The fourth-order valence-corrected chi connectivity index (χ4v) is 2.62. The molecule has 2 heterocycles. The minimum Gasteiger partial charge on any atom is -0.465 e. The van der Waals surface area contributed by atoms with E-state index in [2.05, 4.69) is 30.1 Å². The molecule has 1 aliphatic heterocycles. The Balaban J connectivity index is 1.92. The first-order valence-corrected chi connectivity index (χ1v) is 7.31. The fourth-order valence-electron chi connectivity index (χ4n) is 2.62. The number of aryl methyl sites for hydroxylation is 1. The van der Waals surface area contributed by atoms with Gasteiger partial charge in [0.1, 0.15) is 11.5 Å². The molecule has 0 aromatic carbocycles. The maximum atomic E-state index is 5.80. The molecule has 102 valence electrons. The topological polar surface area (TPSA) is 28.4 Å². The highest BCUT2D eigenvalue weighted by molar-refractivity contribution is 5.20. The van der Waals surface area contributed by atoms with E-state index in [0.717, 1.165) is 31.2 Å². The van der Waals surface area contributed by atoms with E-state index in [1.807, 2.05) is 0 Å². The van der Waals surface area contributed by atoms with Crippen LogP contribution in [0.25, 0.3) is 0 Å². The molecule has 2 rings (SSSR count). The van der Waals surface area contributed by atoms with Crippen LogP contribution in [0.15, 0.2) is 10.5 Å². The van der Waals surface area contributed by atoms with Crippen molar-refractivity contribution < 1.29 is 4.42 Å². The molecule has 0 spiro atoms. The molecule has 18 heavy (non-hydrogen) atoms. The third-order valence-corrected chi connectivity index (χ3v) is 3.71. The summed E-state index contributed by atoms with van der Waals surface area (Å²) in [6, 6.07) is 2.23. The summed E-state index contributed by atoms with van der Waals surface area (Å²) in [5.74, 6) is 2.16. The van der Waals surface area contributed by atoms with Gasteiger partial charge in [-0.3, -0.25) is 4.90 Å². The van der Waals surface area contributed by atoms with Gasteiger partial charge in [-0.05, 0) is 45.5 Å². The molecule has 0 radical (unpaired) electrons. The number of likely N-dealkylation sites (tertiary alicyclic amines) is 1. The van der Waals surface area contributed by atoms with Crippen molar-refractivity contribution in [3.05, 3.63) is 23.2 Å². The summed E-state index contributed by atoms with van der Waals surface area (Å²) in [6.45, 7) is 9.58. The first kappa shape index (κ1) is 13.6. The lowest BCUT2D eigenvalue weighted by atomic mass is 10.2. The molecule has 1 N–H and O–H groups in total. The average molecular weight is 250 g/mol. The summed E-state index contributed by atoms with van der Waals surface area (Å²) < 4.78 is 5.80. The van der Waals surface area contributed by atoms with Crippen molar-refractivity contribution in [3.63, 3.8) is 0 Å². The summed E-state index contributed by atoms with van der Waals surface area (Å²) in [4.78, 5) is 2.57. The Labute approximate surface area is 111 Å². The molecule has 0 atom stereocenters. The van der Waals surface area contributed by atoms with Crippen LogP contribution in [0.2, 0.25) is 0 Å². The van der Waals surface area contributed by atoms with Crippen LogP contribution in [0.1, 0.15) is 49.7 Å². The Morgan fingerprint density at radius 2 is 1.94 bits per heavy atom. The molecule has 0 amide bonds. The summed E-state index contributed by atoms with van der Waals surface area (Å²) in [6.07, 6.45) is 5.49. The normalized spacial score (nSPS) is 17.9. The molecule has 0 unspecified atom stereocenters. The maximum Gasteiger partial charge on any atom is 0.118 e. The Kier molecular flexibility index (Phi) is 5.26. The van der Waals surface area contributed by atoms with Crippen LogP contribution < -0.4 is 5.32 Å². The van der Waals surface area contributed by atoms with Gasteiger partial charge < -0.3 is 9.73 Å². The molecule has 1 aromatic heterocycles. The van der Waals surface area contributed by atoms with Crippen LogP contribution in [0.5, 0.6) is 0 Å². The van der Waals surface area contributed by atoms with Crippen LogP contribution in [0.3, 0.4) is 0 Å². The van der Waals surface area contributed by atoms with Crippen molar-refractivity contribution in [1.29, 1.82) is 0 Å². The highest BCUT2D eigenvalue weighted by Gasteiger charge is 2.13. The molecule has 3 nitrogen and oxygen atoms in total. The van der Waals surface area contributed by atoms with Gasteiger partial charge in [0.25, 0.3) is 0 Å². The SMILES string of the molecule is CCNCc1cc(CN2CCCCCC2)c(C)o1. The van der Waals surface area contributed by atoms with Gasteiger partial charge in [-0.2, -0.15) is 0 Å². The highest BCUT2D eigenvalue weighted by Crippen LogP contribution is 2.19. The second-order valence-corrected chi connectivity index (χ2v) is 5.26. The first-order chi connectivity index (χ1) is 8.79. The molecular weight excluding hydrogens is 224 g/mol. The standard InChI is InChI=1S/C15H26N2O/c1-3-16-11-15-10-14(13(2)18-15)12-17-8-6-4-5-7-9-17/h10,16H,3-9,11-12H2,1-2H3. The molecule has 3 heteroatoms. The van der Waals surface area contributed by atoms with Crippen molar-refractivity contribution in [2.75, 3.05) is 19.6 Å². The predicted octanol–water partition coefficient (Wildman–Crippen LogP) is 3.07. The molecule has 1 saturated heterocycles. The molecule has 0 aliphatic carbocycles. The van der Waals surface area contributed by atoms with Gasteiger partial charge in [0.15, 0.2) is 0 Å². The van der Waals surface area contributed by atoms with Crippen molar-refractivity contribution in [1.82, 2.24) is 10.2 Å². The second kappa shape index (κ2) is 6.95. The van der Waals surface area contributed by atoms with E-state index in [9.17, 15) is 0 Å². The molecule has 1 aromatic rings. The van der Waals surface area contributed by atoms with E-state index in [0.29, 0.717) is 0 Å². The van der Waals surface area contributed by atoms with E-state index in [-0.39, 0.29) is 0 Å². The minimum absolute atomic E-state index is 0.845. The molecule has 0 bridgehead atoms. The van der Waals surface area contributed by atoms with Gasteiger partial charge in [-0.25, -0.2) is 0 Å². The first-order valence-electron chi connectivity index (χ1n) is 7.31. The third kappa shape index (κ3) is 3.85. The zero-order valence-corrected chi connectivity index (χ0v) is 11.8. The molecule has 0 saturated carbocycles. The molecule has 1 aliphatic rings. The van der Waals surface area contributed by atoms with Crippen LogP contribution in [-0.4, -0.2) is 24.5 Å². The van der Waals surface area contributed by atoms with Gasteiger partial charge in [-0.1, -0.05) is 19.8 Å². The van der Waals surface area contributed by atoms with Gasteiger partial charge in [-0.15, -0.1) is 0 Å². The van der Waals surface area contributed by atoms with Gasteiger partial charge in [0.2, 0.25) is 0 Å². The van der Waals surface area contributed by atoms with E-state index >= 15 is 0 Å². The van der Waals surface area contributed by atoms with E-state index in [1.54, 1.807) is 0 Å². The van der Waals surface area contributed by atoms with Crippen molar-refractivity contribution in [2.45, 2.75) is 52.6 Å². The zero-order chi connectivity index (χ0) is 12.8. The Morgan fingerprint density at radius 3 is 2.61 bits per heavy atom. The second-order valence-electron chi connectivity index (χ2n) is 5.26. The Morgan fingerprint density at radius 1 is 1.22 bits per heavy atom. The van der Waals surface area contributed by atoms with Crippen LogP contribution in [0.4, 0.5) is 0 Å². The number of hydrogen-bond acceptors (Lipinski definition) is 3. The lowest BCUT2D eigenvalue weighted by molar-refractivity contribution is 0.275. The van der Waals surface area contributed by atoms with E-state index < -0.39 is 0 Å². The smallest absolute Gasteiger partial charge is 0.118 e. The lowest BCUT2D eigenvalue weighted by Gasteiger charge is -2.18. The number of rotatable bonds is 5. The quantitative estimate of drug-likeness (QED) is 0.870. The average Bonchev–Trinajstić information content (AvgIpc) is 2.57. The van der Waals surface area contributed by atoms with Crippen LogP contribution >= 0.6 is 0 Å². The molecule has 1 fully saturated rings. The molecular formula is C15H26N2O. The largest absolute Gasteiger partial charge is 0.465 e. The van der Waals surface area contributed by atoms with Gasteiger partial charge in [0.05, 0.1) is 6.54 Å². The van der Waals surface area contributed by atoms with Crippen molar-refractivity contribution in [2.24, 2.45) is 0 Å². The van der Waals surface area contributed by atoms with Crippen molar-refractivity contribution in [3.8, 4) is 0 Å². The van der Waals surface area contributed by atoms with Crippen molar-refractivity contribution >= 4 is 0 Å². The number of nitrogens with zero attached hydrogens (tertiary/aromatic N) is 1. The number of furan rings is 1. The zero-order valence-electron chi connectivity index (χ0n) is 11.8. The predicted molar refractivity (Wildman–Crippen MR) is 74.6 cm³/mol. The van der Waals surface area contributed by atoms with Crippen LogP contribution in [0, 0.1) is 6.92 Å². The minimum atomic E-state index is 0.845. The lowest BCUT2D eigenvalue weighted by Crippen LogP contribution is -2.24. The summed E-state index contributed by atoms with van der Waals surface area (Å²) in [5, 5.41) is 3.31. The number of nitrogens with one attached hydrogen (secondary N) is 1. The summed E-state index contributed by atoms with van der Waals surface area (Å²) in [5.41, 5.74) is 1.37. The van der Waals surface area contributed by atoms with Gasteiger partial charge >= 0.3 is 0 Å². The van der Waals surface area contributed by atoms with Gasteiger partial charge in [0, 0.05) is 12.1 Å². The number of hydrogen-bond donors (Lipinski definition) is 1. The third-order valence-electron chi connectivity index (χ3n) is 3.71. The van der Waals surface area contributed by atoms with E-state index in [1.165, 1.54) is 44.3 Å².